The molecule has 0 spiro atoms. The minimum atomic E-state index is -0.384. The zero-order valence-corrected chi connectivity index (χ0v) is 18.4. The number of ether oxygens (including phenoxy) is 1. The van der Waals surface area contributed by atoms with Crippen molar-refractivity contribution < 1.29 is 14.3 Å². The summed E-state index contributed by atoms with van der Waals surface area (Å²) in [6.45, 7) is 5.03. The lowest BCUT2D eigenvalue weighted by Gasteiger charge is -2.11. The molecule has 3 aromatic rings. The summed E-state index contributed by atoms with van der Waals surface area (Å²) in [5.41, 5.74) is 3.97. The van der Waals surface area contributed by atoms with Gasteiger partial charge in [-0.1, -0.05) is 37.6 Å². The van der Waals surface area contributed by atoms with Crippen LogP contribution >= 0.6 is 0 Å². The van der Waals surface area contributed by atoms with Crippen LogP contribution in [0.5, 0.6) is 5.75 Å². The van der Waals surface area contributed by atoms with E-state index >= 15 is 0 Å². The molecule has 166 valence electrons. The van der Waals surface area contributed by atoms with Gasteiger partial charge in [-0.25, -0.2) is 4.68 Å². The van der Waals surface area contributed by atoms with Crippen molar-refractivity contribution in [2.24, 2.45) is 5.92 Å². The highest BCUT2D eigenvalue weighted by atomic mass is 16.5. The van der Waals surface area contributed by atoms with Gasteiger partial charge in [0.25, 0.3) is 0 Å². The Hall–Kier alpha value is -3.61. The molecule has 2 heterocycles. The monoisotopic (exact) mass is 432 g/mol. The molecule has 1 aliphatic heterocycles. The largest absolute Gasteiger partial charge is 0.494 e. The lowest BCUT2D eigenvalue weighted by Crippen LogP contribution is -2.24. The van der Waals surface area contributed by atoms with Crippen LogP contribution in [0.15, 0.2) is 54.6 Å². The molecule has 32 heavy (non-hydrogen) atoms. The van der Waals surface area contributed by atoms with Gasteiger partial charge in [0.2, 0.25) is 11.8 Å². The number of amides is 2. The molecule has 2 N–H and O–H groups in total. The number of nitrogens with one attached hydrogen (secondary N) is 2. The zero-order chi connectivity index (χ0) is 22.5. The van der Waals surface area contributed by atoms with Gasteiger partial charge in [0.1, 0.15) is 5.75 Å². The second-order valence-corrected chi connectivity index (χ2v) is 7.90. The van der Waals surface area contributed by atoms with Crippen LogP contribution in [0.4, 0.5) is 5.82 Å². The molecule has 1 fully saturated rings. The van der Waals surface area contributed by atoms with E-state index in [-0.39, 0.29) is 24.2 Å². The lowest BCUT2D eigenvalue weighted by molar-refractivity contribution is -0.123. The molecule has 1 aromatic heterocycles. The van der Waals surface area contributed by atoms with E-state index < -0.39 is 0 Å². The zero-order valence-electron chi connectivity index (χ0n) is 18.4. The molecule has 7 heteroatoms. The van der Waals surface area contributed by atoms with Gasteiger partial charge in [0.05, 0.1) is 23.9 Å². The first-order valence-corrected chi connectivity index (χ1v) is 11.1. The van der Waals surface area contributed by atoms with E-state index in [4.69, 9.17) is 4.74 Å². The first kappa shape index (κ1) is 21.6. The fraction of sp³-hybridized carbons (Fsp3) is 0.320. The third kappa shape index (κ3) is 4.82. The van der Waals surface area contributed by atoms with Crippen molar-refractivity contribution in [1.29, 1.82) is 0 Å². The van der Waals surface area contributed by atoms with Gasteiger partial charge in [0, 0.05) is 30.7 Å². The topological polar surface area (TPSA) is 85.3 Å². The van der Waals surface area contributed by atoms with Crippen LogP contribution in [-0.4, -0.2) is 34.7 Å². The van der Waals surface area contributed by atoms with Gasteiger partial charge in [0.15, 0.2) is 5.82 Å². The number of hydrogen-bond donors (Lipinski definition) is 2. The van der Waals surface area contributed by atoms with E-state index in [0.717, 1.165) is 35.5 Å². The van der Waals surface area contributed by atoms with Gasteiger partial charge in [-0.15, -0.1) is 5.10 Å². The summed E-state index contributed by atoms with van der Waals surface area (Å²) in [4.78, 5) is 24.1. The number of aromatic nitrogens is 2. The Kier molecular flexibility index (Phi) is 6.54. The second kappa shape index (κ2) is 9.68. The molecule has 0 saturated carbocycles. The maximum Gasteiger partial charge on any atom is 0.230 e. The molecule has 2 aromatic carbocycles. The number of rotatable bonds is 8. The summed E-state index contributed by atoms with van der Waals surface area (Å²) in [5, 5.41) is 10.3. The number of anilines is 1. The molecule has 0 aliphatic carbocycles. The highest BCUT2D eigenvalue weighted by Gasteiger charge is 2.28. The molecule has 4 rings (SSSR count). The minimum absolute atomic E-state index is 0.100. The SMILES string of the molecule is CCCc1cccc(-c2cc(NC(=O)[C@@H]3CNC(=O)C3)nn2-c2cccc(OCC)c2)c1. The van der Waals surface area contributed by atoms with Crippen LogP contribution in [0.3, 0.4) is 0 Å². The molecule has 7 nitrogen and oxygen atoms in total. The Labute approximate surface area is 187 Å². The fourth-order valence-electron chi connectivity index (χ4n) is 3.91. The van der Waals surface area contributed by atoms with E-state index in [9.17, 15) is 9.59 Å². The molecular formula is C25H28N4O3. The summed E-state index contributed by atoms with van der Waals surface area (Å²) in [7, 11) is 0. The van der Waals surface area contributed by atoms with E-state index in [1.807, 2.05) is 54.1 Å². The smallest absolute Gasteiger partial charge is 0.230 e. The highest BCUT2D eigenvalue weighted by Crippen LogP contribution is 2.29. The molecule has 1 aliphatic rings. The average molecular weight is 433 g/mol. The Morgan fingerprint density at radius 2 is 2.03 bits per heavy atom. The van der Waals surface area contributed by atoms with Crippen molar-refractivity contribution in [3.8, 4) is 22.7 Å². The second-order valence-electron chi connectivity index (χ2n) is 7.90. The molecule has 0 unspecified atom stereocenters. The van der Waals surface area contributed by atoms with Gasteiger partial charge >= 0.3 is 0 Å². The maximum atomic E-state index is 12.7. The highest BCUT2D eigenvalue weighted by molar-refractivity contribution is 5.97. The maximum absolute atomic E-state index is 12.7. The molecule has 1 atom stereocenters. The Bertz CT molecular complexity index is 1050. The van der Waals surface area contributed by atoms with E-state index in [1.54, 1.807) is 0 Å². The van der Waals surface area contributed by atoms with Crippen LogP contribution in [0.1, 0.15) is 32.3 Å². The third-order valence-corrected chi connectivity index (χ3v) is 5.44. The van der Waals surface area contributed by atoms with Crippen LogP contribution < -0.4 is 15.4 Å². The number of nitrogens with zero attached hydrogens (tertiary/aromatic N) is 2. The molecular weight excluding hydrogens is 404 g/mol. The number of carbonyl (C=O) groups is 2. The predicted octanol–water partition coefficient (Wildman–Crippen LogP) is 3.97. The van der Waals surface area contributed by atoms with Crippen molar-refractivity contribution >= 4 is 17.6 Å². The third-order valence-electron chi connectivity index (χ3n) is 5.44. The standard InChI is InChI=1S/C25H28N4O3/c1-3-7-17-8-5-9-18(12-17)22-15-23(27-25(31)19-13-24(30)26-16-19)28-29(22)20-10-6-11-21(14-20)32-4-2/h5-6,8-12,14-15,19H,3-4,7,13,16H2,1-2H3,(H,26,30)(H,27,28,31)/t19-/m0/s1. The predicted molar refractivity (Wildman–Crippen MR) is 124 cm³/mol. The summed E-state index contributed by atoms with van der Waals surface area (Å²) >= 11 is 0. The molecule has 0 bridgehead atoms. The van der Waals surface area contributed by atoms with Crippen LogP contribution in [-0.2, 0) is 16.0 Å². The van der Waals surface area contributed by atoms with Crippen molar-refractivity contribution in [1.82, 2.24) is 15.1 Å². The Balaban J connectivity index is 1.71. The van der Waals surface area contributed by atoms with Crippen molar-refractivity contribution in [3.63, 3.8) is 0 Å². The Morgan fingerprint density at radius 1 is 1.19 bits per heavy atom. The van der Waals surface area contributed by atoms with Gasteiger partial charge in [-0.2, -0.15) is 0 Å². The fourth-order valence-corrected chi connectivity index (χ4v) is 3.91. The number of hydrogen-bond acceptors (Lipinski definition) is 4. The van der Waals surface area contributed by atoms with Crippen LogP contribution in [0.25, 0.3) is 16.9 Å². The van der Waals surface area contributed by atoms with Gasteiger partial charge in [-0.05, 0) is 37.1 Å². The number of aryl methyl sites for hydroxylation is 1. The number of carbonyl (C=O) groups excluding carboxylic acids is 2. The first-order valence-electron chi connectivity index (χ1n) is 11.1. The summed E-state index contributed by atoms with van der Waals surface area (Å²) < 4.78 is 7.48. The van der Waals surface area contributed by atoms with Gasteiger partial charge in [-0.3, -0.25) is 9.59 Å². The van der Waals surface area contributed by atoms with E-state index in [1.165, 1.54) is 5.56 Å². The van der Waals surface area contributed by atoms with E-state index in [2.05, 4.69) is 34.8 Å². The summed E-state index contributed by atoms with van der Waals surface area (Å²) in [6.07, 6.45) is 2.26. The van der Waals surface area contributed by atoms with E-state index in [0.29, 0.717) is 19.0 Å². The quantitative estimate of drug-likeness (QED) is 0.564. The van der Waals surface area contributed by atoms with Crippen molar-refractivity contribution in [2.45, 2.75) is 33.1 Å². The average Bonchev–Trinajstić information content (AvgIpc) is 3.41. The van der Waals surface area contributed by atoms with Gasteiger partial charge < -0.3 is 15.4 Å². The van der Waals surface area contributed by atoms with Crippen LogP contribution in [0, 0.1) is 5.92 Å². The summed E-state index contributed by atoms with van der Waals surface area (Å²) in [6, 6.07) is 18.0. The Morgan fingerprint density at radius 3 is 2.78 bits per heavy atom. The number of benzene rings is 2. The molecule has 1 saturated heterocycles. The van der Waals surface area contributed by atoms with Crippen LogP contribution in [0.2, 0.25) is 0 Å². The first-order chi connectivity index (χ1) is 15.6. The lowest BCUT2D eigenvalue weighted by atomic mass is 10.0. The minimum Gasteiger partial charge on any atom is -0.494 e. The summed E-state index contributed by atoms with van der Waals surface area (Å²) in [5.74, 6) is 0.517. The molecule has 0 radical (unpaired) electrons. The van der Waals surface area contributed by atoms with Crippen molar-refractivity contribution in [3.05, 3.63) is 60.2 Å². The normalized spacial score (nSPS) is 15.4. The molecule has 2 amide bonds. The van der Waals surface area contributed by atoms with Crippen molar-refractivity contribution in [2.75, 3.05) is 18.5 Å².